The molecule has 0 aliphatic rings. The summed E-state index contributed by atoms with van der Waals surface area (Å²) in [5.41, 5.74) is 9.93. The van der Waals surface area contributed by atoms with E-state index in [0.717, 1.165) is 33.6 Å². The van der Waals surface area contributed by atoms with Crippen LogP contribution in [0.1, 0.15) is 34.7 Å². The van der Waals surface area contributed by atoms with Crippen LogP contribution in [-0.4, -0.2) is 22.2 Å². The second kappa shape index (κ2) is 7.57. The van der Waals surface area contributed by atoms with Gasteiger partial charge in [-0.2, -0.15) is 0 Å². The highest BCUT2D eigenvalue weighted by Crippen LogP contribution is 2.34. The lowest BCUT2D eigenvalue weighted by atomic mass is 10.0. The Balaban J connectivity index is 2.32. The van der Waals surface area contributed by atoms with Gasteiger partial charge in [-0.25, -0.2) is 0 Å². The van der Waals surface area contributed by atoms with Crippen LogP contribution in [0.4, 0.5) is 0 Å². The van der Waals surface area contributed by atoms with Gasteiger partial charge >= 0.3 is 5.97 Å². The quantitative estimate of drug-likeness (QED) is 0.745. The lowest BCUT2D eigenvalue weighted by molar-refractivity contribution is -0.138. The van der Waals surface area contributed by atoms with E-state index in [9.17, 15) is 9.90 Å². The molecule has 1 unspecified atom stereocenters. The summed E-state index contributed by atoms with van der Waals surface area (Å²) < 4.78 is 6.07. The number of nitrogens with two attached hydrogens (primary N) is 1. The minimum Gasteiger partial charge on any atom is -0.507 e. The summed E-state index contributed by atoms with van der Waals surface area (Å²) in [4.78, 5) is 10.9. The van der Waals surface area contributed by atoms with Gasteiger partial charge in [0.15, 0.2) is 0 Å². The van der Waals surface area contributed by atoms with Crippen molar-refractivity contribution < 1.29 is 19.7 Å². The monoisotopic (exact) mass is 343 g/mol. The van der Waals surface area contributed by atoms with Crippen molar-refractivity contribution in [3.63, 3.8) is 0 Å². The molecule has 0 saturated carbocycles. The summed E-state index contributed by atoms with van der Waals surface area (Å²) >= 11 is 0. The molecule has 0 aromatic heterocycles. The second-order valence-electron chi connectivity index (χ2n) is 6.41. The van der Waals surface area contributed by atoms with E-state index in [0.29, 0.717) is 17.9 Å². The highest BCUT2D eigenvalue weighted by Gasteiger charge is 2.15. The molecule has 0 bridgehead atoms. The average molecular weight is 343 g/mol. The summed E-state index contributed by atoms with van der Waals surface area (Å²) in [6, 6.07) is 6.53. The zero-order valence-electron chi connectivity index (χ0n) is 15.1. The standard InChI is InChI=1S/C20H25NO4/c1-5-15-10-16(8-11(2)18(15)22)25-19-12(3)6-14(7-13(19)4)9-17(21)20(23)24/h6-8,10,17,22H,5,9,21H2,1-4H3,(H,23,24). The van der Waals surface area contributed by atoms with E-state index in [1.54, 1.807) is 0 Å². The van der Waals surface area contributed by atoms with Crippen molar-refractivity contribution in [1.82, 2.24) is 0 Å². The first-order valence-corrected chi connectivity index (χ1v) is 8.31. The average Bonchev–Trinajstić information content (AvgIpc) is 2.53. The van der Waals surface area contributed by atoms with Crippen molar-refractivity contribution in [2.24, 2.45) is 5.73 Å². The number of ether oxygens (including phenoxy) is 1. The maximum Gasteiger partial charge on any atom is 0.320 e. The smallest absolute Gasteiger partial charge is 0.320 e. The van der Waals surface area contributed by atoms with Gasteiger partial charge in [0.25, 0.3) is 0 Å². The number of carboxylic acids is 1. The molecule has 0 amide bonds. The number of hydrogen-bond acceptors (Lipinski definition) is 4. The van der Waals surface area contributed by atoms with Crippen molar-refractivity contribution >= 4 is 5.97 Å². The zero-order chi connectivity index (χ0) is 18.7. The molecule has 5 heteroatoms. The molecular formula is C20H25NO4. The molecule has 2 aromatic rings. The Labute approximate surface area is 148 Å². The molecule has 0 saturated heterocycles. The van der Waals surface area contributed by atoms with Crippen LogP contribution in [0.2, 0.25) is 0 Å². The molecule has 25 heavy (non-hydrogen) atoms. The fraction of sp³-hybridized carbons (Fsp3) is 0.350. The molecule has 0 fully saturated rings. The van der Waals surface area contributed by atoms with Crippen LogP contribution in [0.15, 0.2) is 24.3 Å². The van der Waals surface area contributed by atoms with Crippen LogP contribution in [0.25, 0.3) is 0 Å². The van der Waals surface area contributed by atoms with Crippen LogP contribution in [0.5, 0.6) is 17.2 Å². The fourth-order valence-electron chi connectivity index (χ4n) is 2.92. The summed E-state index contributed by atoms with van der Waals surface area (Å²) in [6.07, 6.45) is 0.990. The van der Waals surface area contributed by atoms with Gasteiger partial charge in [-0.1, -0.05) is 19.1 Å². The van der Waals surface area contributed by atoms with Gasteiger partial charge in [-0.3, -0.25) is 4.79 Å². The largest absolute Gasteiger partial charge is 0.507 e. The fourth-order valence-corrected chi connectivity index (χ4v) is 2.92. The second-order valence-corrected chi connectivity index (χ2v) is 6.41. The molecule has 0 radical (unpaired) electrons. The minimum atomic E-state index is -1.01. The lowest BCUT2D eigenvalue weighted by Gasteiger charge is -2.16. The van der Waals surface area contributed by atoms with Crippen molar-refractivity contribution in [2.45, 2.75) is 46.6 Å². The van der Waals surface area contributed by atoms with Crippen LogP contribution < -0.4 is 10.5 Å². The van der Waals surface area contributed by atoms with E-state index in [2.05, 4.69) is 0 Å². The number of aromatic hydroxyl groups is 1. The van der Waals surface area contributed by atoms with Gasteiger partial charge in [0.1, 0.15) is 23.3 Å². The summed E-state index contributed by atoms with van der Waals surface area (Å²) in [6.45, 7) is 7.67. The Bertz CT molecular complexity index is 776. The molecule has 2 aromatic carbocycles. The SMILES string of the molecule is CCc1cc(Oc2c(C)cc(CC(N)C(=O)O)cc2C)cc(C)c1O. The van der Waals surface area contributed by atoms with Crippen LogP contribution in [0.3, 0.4) is 0 Å². The highest BCUT2D eigenvalue weighted by atomic mass is 16.5. The van der Waals surface area contributed by atoms with E-state index in [1.807, 2.05) is 52.0 Å². The summed E-state index contributed by atoms with van der Waals surface area (Å²) in [5, 5.41) is 19.0. The Morgan fingerprint density at radius 3 is 2.24 bits per heavy atom. The van der Waals surface area contributed by atoms with E-state index in [1.165, 1.54) is 0 Å². The van der Waals surface area contributed by atoms with Crippen LogP contribution >= 0.6 is 0 Å². The number of aryl methyl sites for hydroxylation is 4. The number of benzene rings is 2. The van der Waals surface area contributed by atoms with Crippen molar-refractivity contribution in [3.05, 3.63) is 52.1 Å². The Kier molecular flexibility index (Phi) is 5.69. The number of hydrogen-bond donors (Lipinski definition) is 3. The van der Waals surface area contributed by atoms with Gasteiger partial charge < -0.3 is 20.7 Å². The van der Waals surface area contributed by atoms with Gasteiger partial charge in [0.05, 0.1) is 0 Å². The molecule has 0 aliphatic carbocycles. The third-order valence-corrected chi connectivity index (χ3v) is 4.25. The predicted octanol–water partition coefficient (Wildman–Crippen LogP) is 3.63. The zero-order valence-corrected chi connectivity index (χ0v) is 15.1. The lowest BCUT2D eigenvalue weighted by Crippen LogP contribution is -2.32. The molecule has 4 N–H and O–H groups in total. The number of carboxylic acid groups (broad SMARTS) is 1. The van der Waals surface area contributed by atoms with Crippen molar-refractivity contribution in [3.8, 4) is 17.2 Å². The van der Waals surface area contributed by atoms with Gasteiger partial charge in [-0.15, -0.1) is 0 Å². The predicted molar refractivity (Wildman–Crippen MR) is 97.5 cm³/mol. The van der Waals surface area contributed by atoms with E-state index in [-0.39, 0.29) is 6.42 Å². The van der Waals surface area contributed by atoms with E-state index >= 15 is 0 Å². The first-order chi connectivity index (χ1) is 11.7. The Hall–Kier alpha value is -2.53. The first-order valence-electron chi connectivity index (χ1n) is 8.31. The third-order valence-electron chi connectivity index (χ3n) is 4.25. The molecule has 134 valence electrons. The van der Waals surface area contributed by atoms with Crippen LogP contribution in [-0.2, 0) is 17.6 Å². The normalized spacial score (nSPS) is 12.0. The Morgan fingerprint density at radius 2 is 1.72 bits per heavy atom. The summed E-state index contributed by atoms with van der Waals surface area (Å²) in [7, 11) is 0. The number of rotatable bonds is 6. The maximum absolute atomic E-state index is 10.9. The number of aliphatic carboxylic acids is 1. The van der Waals surface area contributed by atoms with Gasteiger partial charge in [0.2, 0.25) is 0 Å². The molecule has 1 atom stereocenters. The van der Waals surface area contributed by atoms with E-state index in [4.69, 9.17) is 15.6 Å². The Morgan fingerprint density at radius 1 is 1.12 bits per heavy atom. The molecule has 2 rings (SSSR count). The van der Waals surface area contributed by atoms with Crippen LogP contribution in [0, 0.1) is 20.8 Å². The first kappa shape index (κ1) is 18.8. The highest BCUT2D eigenvalue weighted by molar-refractivity contribution is 5.73. The van der Waals surface area contributed by atoms with Crippen molar-refractivity contribution in [2.75, 3.05) is 0 Å². The number of phenolic OH excluding ortho intramolecular Hbond substituents is 1. The number of carbonyl (C=O) groups is 1. The summed E-state index contributed by atoms with van der Waals surface area (Å²) in [5.74, 6) is 0.705. The maximum atomic E-state index is 10.9. The van der Waals surface area contributed by atoms with E-state index < -0.39 is 12.0 Å². The molecule has 5 nitrogen and oxygen atoms in total. The molecule has 0 heterocycles. The molecule has 0 spiro atoms. The van der Waals surface area contributed by atoms with Crippen molar-refractivity contribution in [1.29, 1.82) is 0 Å². The minimum absolute atomic E-state index is 0.273. The van der Waals surface area contributed by atoms with Gasteiger partial charge in [-0.05, 0) is 73.6 Å². The molecular weight excluding hydrogens is 318 g/mol. The van der Waals surface area contributed by atoms with Gasteiger partial charge in [0, 0.05) is 0 Å². The molecule has 0 aliphatic heterocycles. The number of phenols is 1. The topological polar surface area (TPSA) is 92.8 Å². The third kappa shape index (κ3) is 4.31.